The Morgan fingerprint density at radius 3 is 3.00 bits per heavy atom. The van der Waals surface area contributed by atoms with E-state index in [2.05, 4.69) is 33.4 Å². The van der Waals surface area contributed by atoms with E-state index in [1.165, 1.54) is 5.69 Å². The molecule has 0 unspecified atom stereocenters. The zero-order chi connectivity index (χ0) is 13.9. The quantitative estimate of drug-likeness (QED) is 0.852. The van der Waals surface area contributed by atoms with Gasteiger partial charge in [-0.2, -0.15) is 0 Å². The van der Waals surface area contributed by atoms with Gasteiger partial charge in [0.1, 0.15) is 5.82 Å². The van der Waals surface area contributed by atoms with Gasteiger partial charge in [-0.15, -0.1) is 0 Å². The van der Waals surface area contributed by atoms with E-state index in [4.69, 9.17) is 4.74 Å². The van der Waals surface area contributed by atoms with E-state index < -0.39 is 0 Å². The van der Waals surface area contributed by atoms with Gasteiger partial charge in [-0.05, 0) is 20.0 Å². The van der Waals surface area contributed by atoms with Gasteiger partial charge in [-0.25, -0.2) is 9.97 Å². The first-order valence-electron chi connectivity index (χ1n) is 7.04. The summed E-state index contributed by atoms with van der Waals surface area (Å²) in [4.78, 5) is 11.0. The number of nitrogens with zero attached hydrogens (tertiary/aromatic N) is 4. The van der Waals surface area contributed by atoms with Crippen molar-refractivity contribution >= 4 is 0 Å². The Balaban J connectivity index is 1.63. The van der Waals surface area contributed by atoms with Crippen LogP contribution >= 0.6 is 0 Å². The third-order valence-electron chi connectivity index (χ3n) is 3.93. The van der Waals surface area contributed by atoms with Crippen LogP contribution in [0.25, 0.3) is 0 Å². The number of imidazole rings is 1. The molecule has 2 aromatic rings. The van der Waals surface area contributed by atoms with Crippen LogP contribution in [0.5, 0.6) is 5.88 Å². The predicted molar refractivity (Wildman–Crippen MR) is 76.7 cm³/mol. The highest BCUT2D eigenvalue weighted by molar-refractivity contribution is 5.12. The Kier molecular flexibility index (Phi) is 3.69. The summed E-state index contributed by atoms with van der Waals surface area (Å²) in [7, 11) is 2.15. The van der Waals surface area contributed by atoms with Gasteiger partial charge < -0.3 is 9.30 Å². The van der Waals surface area contributed by atoms with Crippen molar-refractivity contribution in [3.8, 4) is 5.88 Å². The fraction of sp³-hybridized carbons (Fsp3) is 0.467. The van der Waals surface area contributed by atoms with Crippen LogP contribution in [-0.2, 0) is 13.0 Å². The van der Waals surface area contributed by atoms with Gasteiger partial charge in [0.15, 0.2) is 0 Å². The van der Waals surface area contributed by atoms with Crippen LogP contribution in [0.2, 0.25) is 0 Å². The first-order chi connectivity index (χ1) is 9.75. The molecule has 0 radical (unpaired) electrons. The van der Waals surface area contributed by atoms with Crippen molar-refractivity contribution in [3.63, 3.8) is 0 Å². The lowest BCUT2D eigenvalue weighted by atomic mass is 10.2. The van der Waals surface area contributed by atoms with Crippen molar-refractivity contribution in [3.05, 3.63) is 42.1 Å². The Bertz CT molecular complexity index is 567. The first kappa shape index (κ1) is 13.1. The lowest BCUT2D eigenvalue weighted by molar-refractivity contribution is 0.203. The van der Waals surface area contributed by atoms with Crippen molar-refractivity contribution in [2.24, 2.45) is 0 Å². The van der Waals surface area contributed by atoms with Crippen LogP contribution in [-0.4, -0.2) is 39.6 Å². The smallest absolute Gasteiger partial charge is 0.213 e. The molecule has 0 aromatic carbocycles. The Morgan fingerprint density at radius 2 is 2.20 bits per heavy atom. The number of aromatic nitrogens is 3. The van der Waals surface area contributed by atoms with Gasteiger partial charge in [-0.1, -0.05) is 6.07 Å². The van der Waals surface area contributed by atoms with Crippen LogP contribution < -0.4 is 4.74 Å². The molecular formula is C15H20N4O. The molecule has 1 aliphatic heterocycles. The van der Waals surface area contributed by atoms with E-state index in [1.54, 1.807) is 6.20 Å². The molecule has 0 spiro atoms. The number of hydrogen-bond acceptors (Lipinski definition) is 4. The van der Waals surface area contributed by atoms with Crippen molar-refractivity contribution in [1.82, 2.24) is 19.4 Å². The Hall–Kier alpha value is -1.88. The summed E-state index contributed by atoms with van der Waals surface area (Å²) in [6.07, 6.45) is 4.58. The number of fused-ring (bicyclic) bond motifs is 1. The van der Waals surface area contributed by atoms with E-state index in [0.717, 1.165) is 25.3 Å². The molecule has 0 amide bonds. The van der Waals surface area contributed by atoms with Crippen LogP contribution in [0.1, 0.15) is 24.5 Å². The maximum absolute atomic E-state index is 5.66. The number of hydrogen-bond donors (Lipinski definition) is 0. The molecule has 0 fully saturated rings. The van der Waals surface area contributed by atoms with E-state index in [9.17, 15) is 0 Å². The van der Waals surface area contributed by atoms with E-state index in [1.807, 2.05) is 24.4 Å². The summed E-state index contributed by atoms with van der Waals surface area (Å²) >= 11 is 0. The second kappa shape index (κ2) is 5.63. The highest BCUT2D eigenvalue weighted by Crippen LogP contribution is 2.23. The third kappa shape index (κ3) is 2.54. The number of ether oxygens (including phenoxy) is 1. The molecule has 0 saturated heterocycles. The summed E-state index contributed by atoms with van der Waals surface area (Å²) in [5, 5.41) is 0. The second-order valence-corrected chi connectivity index (χ2v) is 5.18. The maximum Gasteiger partial charge on any atom is 0.213 e. The third-order valence-corrected chi connectivity index (χ3v) is 3.93. The minimum absolute atomic E-state index is 0.384. The normalized spacial score (nSPS) is 18.8. The molecular weight excluding hydrogens is 252 g/mol. The summed E-state index contributed by atoms with van der Waals surface area (Å²) < 4.78 is 7.98. The Labute approximate surface area is 119 Å². The summed E-state index contributed by atoms with van der Waals surface area (Å²) in [6.45, 7) is 4.91. The zero-order valence-electron chi connectivity index (χ0n) is 12.0. The minimum Gasteiger partial charge on any atom is -0.477 e. The van der Waals surface area contributed by atoms with Crippen molar-refractivity contribution in [2.75, 3.05) is 20.2 Å². The first-order valence-corrected chi connectivity index (χ1v) is 7.04. The lowest BCUT2D eigenvalue weighted by Gasteiger charge is -2.31. The monoisotopic (exact) mass is 272 g/mol. The van der Waals surface area contributed by atoms with Crippen molar-refractivity contribution in [1.29, 1.82) is 0 Å². The lowest BCUT2D eigenvalue weighted by Crippen LogP contribution is -2.34. The molecule has 1 aliphatic rings. The Morgan fingerprint density at radius 1 is 1.30 bits per heavy atom. The molecule has 2 aromatic heterocycles. The molecule has 3 rings (SSSR count). The van der Waals surface area contributed by atoms with Crippen LogP contribution in [0.3, 0.4) is 0 Å². The average Bonchev–Trinajstić information content (AvgIpc) is 2.88. The molecule has 1 atom stereocenters. The van der Waals surface area contributed by atoms with Crippen molar-refractivity contribution in [2.45, 2.75) is 25.9 Å². The predicted octanol–water partition coefficient (Wildman–Crippen LogP) is 1.91. The standard InChI is InChI=1S/C15H20N4O/c1-12-15-17-11-13(19(15)9-8-18(12)2)6-10-20-14-5-3-4-7-16-14/h3-5,7,11-12H,6,8-10H2,1-2H3/t12-/m0/s1. The molecule has 3 heterocycles. The van der Waals surface area contributed by atoms with Crippen LogP contribution in [0, 0.1) is 0 Å². The molecule has 0 saturated carbocycles. The fourth-order valence-electron chi connectivity index (χ4n) is 2.56. The van der Waals surface area contributed by atoms with Gasteiger partial charge in [0.2, 0.25) is 5.88 Å². The fourth-order valence-corrected chi connectivity index (χ4v) is 2.56. The molecule has 5 heteroatoms. The second-order valence-electron chi connectivity index (χ2n) is 5.18. The van der Waals surface area contributed by atoms with E-state index in [-0.39, 0.29) is 0 Å². The molecule has 0 bridgehead atoms. The zero-order valence-corrected chi connectivity index (χ0v) is 12.0. The highest BCUT2D eigenvalue weighted by Gasteiger charge is 2.23. The SMILES string of the molecule is C[C@H]1c2ncc(CCOc3ccccn3)n2CCN1C. The van der Waals surface area contributed by atoms with Gasteiger partial charge in [0, 0.05) is 43.7 Å². The topological polar surface area (TPSA) is 43.2 Å². The number of rotatable bonds is 4. The van der Waals surface area contributed by atoms with E-state index in [0.29, 0.717) is 18.5 Å². The molecule has 5 nitrogen and oxygen atoms in total. The van der Waals surface area contributed by atoms with Gasteiger partial charge in [-0.3, -0.25) is 4.90 Å². The number of pyridine rings is 1. The summed E-state index contributed by atoms with van der Waals surface area (Å²) in [6, 6.07) is 6.08. The molecule has 106 valence electrons. The van der Waals surface area contributed by atoms with Gasteiger partial charge in [0.25, 0.3) is 0 Å². The van der Waals surface area contributed by atoms with E-state index >= 15 is 0 Å². The van der Waals surface area contributed by atoms with Crippen molar-refractivity contribution < 1.29 is 4.74 Å². The van der Waals surface area contributed by atoms with Gasteiger partial charge in [0.05, 0.1) is 12.6 Å². The van der Waals surface area contributed by atoms with Crippen LogP contribution in [0.15, 0.2) is 30.6 Å². The summed E-state index contributed by atoms with van der Waals surface area (Å²) in [5.74, 6) is 1.84. The average molecular weight is 272 g/mol. The minimum atomic E-state index is 0.384. The number of likely N-dealkylation sites (N-methyl/N-ethyl adjacent to an activating group) is 1. The largest absolute Gasteiger partial charge is 0.477 e. The molecule has 0 aliphatic carbocycles. The highest BCUT2D eigenvalue weighted by atomic mass is 16.5. The molecule has 20 heavy (non-hydrogen) atoms. The van der Waals surface area contributed by atoms with Gasteiger partial charge >= 0.3 is 0 Å². The molecule has 0 N–H and O–H groups in total. The van der Waals surface area contributed by atoms with Crippen LogP contribution in [0.4, 0.5) is 0 Å². The maximum atomic E-state index is 5.66. The summed E-state index contributed by atoms with van der Waals surface area (Å²) in [5.41, 5.74) is 1.25.